The molecule has 31 heavy (non-hydrogen) atoms. The number of rotatable bonds is 10. The first kappa shape index (κ1) is 23.2. The van der Waals surface area contributed by atoms with Crippen molar-refractivity contribution in [1.29, 1.82) is 0 Å². The summed E-state index contributed by atoms with van der Waals surface area (Å²) >= 11 is 0. The Morgan fingerprint density at radius 2 is 1.77 bits per heavy atom. The van der Waals surface area contributed by atoms with E-state index in [0.717, 1.165) is 38.4 Å². The SMILES string of the molecule is C[C@@H](NS(=O)(=O)c1ccc(OCC(=O)NCCN2CCOCC2)cc1)c1ccccc1. The number of sulfonamides is 1. The highest BCUT2D eigenvalue weighted by Crippen LogP contribution is 2.19. The molecule has 2 N–H and O–H groups in total. The molecule has 2 aromatic rings. The van der Waals surface area contributed by atoms with Crippen molar-refractivity contribution in [1.82, 2.24) is 14.9 Å². The minimum atomic E-state index is -3.68. The van der Waals surface area contributed by atoms with Crippen LogP contribution in [0.3, 0.4) is 0 Å². The van der Waals surface area contributed by atoms with Gasteiger partial charge in [0.2, 0.25) is 10.0 Å². The molecule has 3 rings (SSSR count). The molecule has 2 aromatic carbocycles. The summed E-state index contributed by atoms with van der Waals surface area (Å²) in [6, 6.07) is 15.0. The Kier molecular flexibility index (Phi) is 8.42. The van der Waals surface area contributed by atoms with E-state index < -0.39 is 10.0 Å². The van der Waals surface area contributed by atoms with E-state index in [9.17, 15) is 13.2 Å². The summed E-state index contributed by atoms with van der Waals surface area (Å²) in [7, 11) is -3.68. The van der Waals surface area contributed by atoms with Crippen LogP contribution in [-0.4, -0.2) is 65.2 Å². The van der Waals surface area contributed by atoms with Crippen LogP contribution in [0.4, 0.5) is 0 Å². The monoisotopic (exact) mass is 447 g/mol. The average Bonchev–Trinajstić information content (AvgIpc) is 2.79. The maximum Gasteiger partial charge on any atom is 0.257 e. The molecule has 1 heterocycles. The van der Waals surface area contributed by atoms with Crippen molar-refractivity contribution in [3.05, 3.63) is 60.2 Å². The molecule has 0 spiro atoms. The van der Waals surface area contributed by atoms with Crippen LogP contribution in [0.1, 0.15) is 18.5 Å². The Hall–Kier alpha value is -2.46. The number of carbonyl (C=O) groups excluding carboxylic acids is 1. The molecule has 9 heteroatoms. The number of nitrogens with one attached hydrogen (secondary N) is 2. The maximum atomic E-state index is 12.6. The summed E-state index contributed by atoms with van der Waals surface area (Å²) in [6.07, 6.45) is 0. The number of morpholine rings is 1. The van der Waals surface area contributed by atoms with Gasteiger partial charge < -0.3 is 14.8 Å². The van der Waals surface area contributed by atoms with E-state index >= 15 is 0 Å². The third kappa shape index (κ3) is 7.32. The predicted molar refractivity (Wildman–Crippen MR) is 117 cm³/mol. The number of ether oxygens (including phenoxy) is 2. The van der Waals surface area contributed by atoms with Crippen LogP contribution in [0.5, 0.6) is 5.75 Å². The largest absolute Gasteiger partial charge is 0.484 e. The van der Waals surface area contributed by atoms with Crippen molar-refractivity contribution < 1.29 is 22.7 Å². The zero-order chi connectivity index (χ0) is 22.1. The molecule has 1 amide bonds. The molecule has 1 aliphatic heterocycles. The van der Waals surface area contributed by atoms with Gasteiger partial charge in [-0.15, -0.1) is 0 Å². The average molecular weight is 448 g/mol. The Labute approximate surface area is 183 Å². The quantitative estimate of drug-likeness (QED) is 0.574. The van der Waals surface area contributed by atoms with E-state index in [1.165, 1.54) is 12.1 Å². The highest BCUT2D eigenvalue weighted by atomic mass is 32.2. The Balaban J connectivity index is 1.44. The van der Waals surface area contributed by atoms with Gasteiger partial charge in [-0.3, -0.25) is 9.69 Å². The van der Waals surface area contributed by atoms with Crippen molar-refractivity contribution in [2.75, 3.05) is 46.0 Å². The molecule has 1 saturated heterocycles. The highest BCUT2D eigenvalue weighted by molar-refractivity contribution is 7.89. The lowest BCUT2D eigenvalue weighted by Gasteiger charge is -2.26. The van der Waals surface area contributed by atoms with E-state index in [4.69, 9.17) is 9.47 Å². The van der Waals surface area contributed by atoms with E-state index in [1.807, 2.05) is 30.3 Å². The molecule has 1 fully saturated rings. The number of nitrogens with zero attached hydrogens (tertiary/aromatic N) is 1. The van der Waals surface area contributed by atoms with Gasteiger partial charge >= 0.3 is 0 Å². The van der Waals surface area contributed by atoms with Crippen LogP contribution in [0.15, 0.2) is 59.5 Å². The second-order valence-electron chi connectivity index (χ2n) is 7.32. The van der Waals surface area contributed by atoms with Crippen molar-refractivity contribution in [3.63, 3.8) is 0 Å². The van der Waals surface area contributed by atoms with Gasteiger partial charge in [0.05, 0.1) is 18.1 Å². The molecule has 0 aromatic heterocycles. The summed E-state index contributed by atoms with van der Waals surface area (Å²) in [4.78, 5) is 14.3. The lowest BCUT2D eigenvalue weighted by Crippen LogP contribution is -2.42. The molecule has 168 valence electrons. The van der Waals surface area contributed by atoms with Crippen LogP contribution in [0.25, 0.3) is 0 Å². The maximum absolute atomic E-state index is 12.6. The van der Waals surface area contributed by atoms with Gasteiger partial charge in [0.1, 0.15) is 5.75 Å². The number of amides is 1. The van der Waals surface area contributed by atoms with Gasteiger partial charge in [0, 0.05) is 32.2 Å². The van der Waals surface area contributed by atoms with Gasteiger partial charge in [-0.1, -0.05) is 30.3 Å². The topological polar surface area (TPSA) is 97.0 Å². The Morgan fingerprint density at radius 3 is 2.45 bits per heavy atom. The number of hydrogen-bond acceptors (Lipinski definition) is 6. The van der Waals surface area contributed by atoms with Crippen LogP contribution in [-0.2, 0) is 19.6 Å². The second kappa shape index (κ2) is 11.2. The molecule has 1 atom stereocenters. The standard InChI is InChI=1S/C22H29N3O5S/c1-18(19-5-3-2-4-6-19)24-31(27,28)21-9-7-20(8-10-21)30-17-22(26)23-11-12-25-13-15-29-16-14-25/h2-10,18,24H,11-17H2,1H3,(H,23,26)/t18-/m1/s1. The van der Waals surface area contributed by atoms with Crippen molar-refractivity contribution in [2.45, 2.75) is 17.9 Å². The molecule has 0 aliphatic carbocycles. The normalized spacial score (nSPS) is 15.9. The Bertz CT molecular complexity index is 929. The van der Waals surface area contributed by atoms with Crippen LogP contribution in [0.2, 0.25) is 0 Å². The molecular formula is C22H29N3O5S. The van der Waals surface area contributed by atoms with E-state index in [0.29, 0.717) is 12.3 Å². The van der Waals surface area contributed by atoms with Gasteiger partial charge in [0.15, 0.2) is 6.61 Å². The zero-order valence-electron chi connectivity index (χ0n) is 17.6. The van der Waals surface area contributed by atoms with E-state index in [1.54, 1.807) is 19.1 Å². The molecule has 1 aliphatic rings. The Morgan fingerprint density at radius 1 is 1.10 bits per heavy atom. The number of carbonyl (C=O) groups is 1. The summed E-state index contributed by atoms with van der Waals surface area (Å²) in [5, 5.41) is 2.82. The lowest BCUT2D eigenvalue weighted by molar-refractivity contribution is -0.123. The smallest absolute Gasteiger partial charge is 0.257 e. The molecule has 0 bridgehead atoms. The van der Waals surface area contributed by atoms with Gasteiger partial charge in [-0.2, -0.15) is 0 Å². The highest BCUT2D eigenvalue weighted by Gasteiger charge is 2.18. The van der Waals surface area contributed by atoms with Crippen molar-refractivity contribution in [3.8, 4) is 5.75 Å². The molecular weight excluding hydrogens is 418 g/mol. The first-order valence-corrected chi connectivity index (χ1v) is 11.8. The van der Waals surface area contributed by atoms with E-state index in [-0.39, 0.29) is 23.5 Å². The molecule has 8 nitrogen and oxygen atoms in total. The second-order valence-corrected chi connectivity index (χ2v) is 9.03. The molecule has 0 saturated carbocycles. The van der Waals surface area contributed by atoms with Crippen LogP contribution in [0, 0.1) is 0 Å². The van der Waals surface area contributed by atoms with E-state index in [2.05, 4.69) is 14.9 Å². The number of benzene rings is 2. The fourth-order valence-corrected chi connectivity index (χ4v) is 4.44. The minimum absolute atomic E-state index is 0.126. The molecule has 0 unspecified atom stereocenters. The number of hydrogen-bond donors (Lipinski definition) is 2. The third-order valence-corrected chi connectivity index (χ3v) is 6.55. The zero-order valence-corrected chi connectivity index (χ0v) is 18.4. The fourth-order valence-electron chi connectivity index (χ4n) is 3.20. The molecule has 0 radical (unpaired) electrons. The first-order valence-electron chi connectivity index (χ1n) is 10.3. The fraction of sp³-hybridized carbons (Fsp3) is 0.409. The summed E-state index contributed by atoms with van der Waals surface area (Å²) in [5.74, 6) is 0.210. The lowest BCUT2D eigenvalue weighted by atomic mass is 10.1. The van der Waals surface area contributed by atoms with Crippen molar-refractivity contribution in [2.24, 2.45) is 0 Å². The van der Waals surface area contributed by atoms with Crippen LogP contribution >= 0.6 is 0 Å². The summed E-state index contributed by atoms with van der Waals surface area (Å²) in [6.45, 7) is 6.19. The van der Waals surface area contributed by atoms with Crippen molar-refractivity contribution >= 4 is 15.9 Å². The van der Waals surface area contributed by atoms with Gasteiger partial charge in [0.25, 0.3) is 5.91 Å². The summed E-state index contributed by atoms with van der Waals surface area (Å²) in [5.41, 5.74) is 0.880. The van der Waals surface area contributed by atoms with Gasteiger partial charge in [-0.25, -0.2) is 13.1 Å². The first-order chi connectivity index (χ1) is 14.9. The van der Waals surface area contributed by atoms with Crippen LogP contribution < -0.4 is 14.8 Å². The third-order valence-electron chi connectivity index (χ3n) is 4.99. The van der Waals surface area contributed by atoms with Gasteiger partial charge in [-0.05, 0) is 36.8 Å². The predicted octanol–water partition coefficient (Wildman–Crippen LogP) is 1.55. The summed E-state index contributed by atoms with van der Waals surface area (Å²) < 4.78 is 38.7. The minimum Gasteiger partial charge on any atom is -0.484 e.